The van der Waals surface area contributed by atoms with Gasteiger partial charge in [-0.2, -0.15) is 0 Å². The number of benzene rings is 1. The standard InChI is InChI=1S/C15H23NO4/c1-10-12(5-6-20-10)16-9-11-7-13(17-2)15(19-4)14(8-11)18-3/h7-8,10,12,16H,5-6,9H2,1-4H3. The van der Waals surface area contributed by atoms with Crippen molar-refractivity contribution in [3.8, 4) is 17.2 Å². The van der Waals surface area contributed by atoms with Crippen LogP contribution in [0.4, 0.5) is 0 Å². The van der Waals surface area contributed by atoms with E-state index in [-0.39, 0.29) is 6.10 Å². The summed E-state index contributed by atoms with van der Waals surface area (Å²) >= 11 is 0. The van der Waals surface area contributed by atoms with Gasteiger partial charge in [0.25, 0.3) is 0 Å². The van der Waals surface area contributed by atoms with E-state index >= 15 is 0 Å². The SMILES string of the molecule is COc1cc(CNC2CCOC2C)cc(OC)c1OC. The average molecular weight is 281 g/mol. The molecule has 0 aromatic heterocycles. The van der Waals surface area contributed by atoms with Gasteiger partial charge in [0.05, 0.1) is 27.4 Å². The van der Waals surface area contributed by atoms with Gasteiger partial charge in [0.1, 0.15) is 0 Å². The highest BCUT2D eigenvalue weighted by molar-refractivity contribution is 5.53. The molecule has 1 aliphatic rings. The molecule has 2 unspecified atom stereocenters. The lowest BCUT2D eigenvalue weighted by Gasteiger charge is -2.18. The maximum absolute atomic E-state index is 5.55. The molecule has 5 nitrogen and oxygen atoms in total. The van der Waals surface area contributed by atoms with E-state index in [1.807, 2.05) is 12.1 Å². The number of ether oxygens (including phenoxy) is 4. The van der Waals surface area contributed by atoms with Gasteiger partial charge < -0.3 is 24.3 Å². The molecule has 1 fully saturated rings. The van der Waals surface area contributed by atoms with Crippen LogP contribution in [0.15, 0.2) is 12.1 Å². The largest absolute Gasteiger partial charge is 0.493 e. The van der Waals surface area contributed by atoms with Crippen LogP contribution in [0.3, 0.4) is 0 Å². The van der Waals surface area contributed by atoms with Gasteiger partial charge in [-0.1, -0.05) is 0 Å². The fraction of sp³-hybridized carbons (Fsp3) is 0.600. The molecule has 0 bridgehead atoms. The third-order valence-electron chi connectivity index (χ3n) is 3.67. The minimum atomic E-state index is 0.261. The summed E-state index contributed by atoms with van der Waals surface area (Å²) in [6.07, 6.45) is 1.31. The van der Waals surface area contributed by atoms with Crippen molar-refractivity contribution >= 4 is 0 Å². The molecule has 0 amide bonds. The first-order chi connectivity index (χ1) is 9.69. The van der Waals surface area contributed by atoms with E-state index in [1.54, 1.807) is 21.3 Å². The zero-order valence-electron chi connectivity index (χ0n) is 12.6. The average Bonchev–Trinajstić information content (AvgIpc) is 2.89. The van der Waals surface area contributed by atoms with Crippen molar-refractivity contribution in [2.24, 2.45) is 0 Å². The first kappa shape index (κ1) is 14.9. The second-order valence-corrected chi connectivity index (χ2v) is 4.89. The van der Waals surface area contributed by atoms with Crippen molar-refractivity contribution in [2.75, 3.05) is 27.9 Å². The minimum Gasteiger partial charge on any atom is -0.493 e. The summed E-state index contributed by atoms with van der Waals surface area (Å²) in [7, 11) is 4.86. The first-order valence-corrected chi connectivity index (χ1v) is 6.83. The fourth-order valence-corrected chi connectivity index (χ4v) is 2.49. The topological polar surface area (TPSA) is 49.0 Å². The Morgan fingerprint density at radius 2 is 1.80 bits per heavy atom. The van der Waals surface area contributed by atoms with Crippen LogP contribution in [0.25, 0.3) is 0 Å². The Morgan fingerprint density at radius 1 is 1.15 bits per heavy atom. The lowest BCUT2D eigenvalue weighted by molar-refractivity contribution is 0.113. The molecule has 20 heavy (non-hydrogen) atoms. The van der Waals surface area contributed by atoms with Gasteiger partial charge in [-0.25, -0.2) is 0 Å². The van der Waals surface area contributed by atoms with Crippen LogP contribution in [0, 0.1) is 0 Å². The number of methoxy groups -OCH3 is 3. The van der Waals surface area contributed by atoms with Crippen LogP contribution in [0.5, 0.6) is 17.2 Å². The number of rotatable bonds is 6. The summed E-state index contributed by atoms with van der Waals surface area (Å²) in [6.45, 7) is 3.67. The van der Waals surface area contributed by atoms with Gasteiger partial charge in [-0.3, -0.25) is 0 Å². The van der Waals surface area contributed by atoms with Crippen molar-refractivity contribution in [3.05, 3.63) is 17.7 Å². The van der Waals surface area contributed by atoms with E-state index < -0.39 is 0 Å². The van der Waals surface area contributed by atoms with Gasteiger partial charge in [-0.15, -0.1) is 0 Å². The quantitative estimate of drug-likeness (QED) is 0.864. The molecule has 1 heterocycles. The Balaban J connectivity index is 2.11. The Morgan fingerprint density at radius 3 is 2.25 bits per heavy atom. The highest BCUT2D eigenvalue weighted by Crippen LogP contribution is 2.38. The van der Waals surface area contributed by atoms with Crippen LogP contribution < -0.4 is 19.5 Å². The summed E-state index contributed by atoms with van der Waals surface area (Å²) in [5.41, 5.74) is 1.10. The normalized spacial score (nSPS) is 21.8. The molecule has 2 rings (SSSR count). The Bertz CT molecular complexity index is 424. The van der Waals surface area contributed by atoms with Crippen molar-refractivity contribution < 1.29 is 18.9 Å². The van der Waals surface area contributed by atoms with Crippen molar-refractivity contribution in [1.29, 1.82) is 0 Å². The van der Waals surface area contributed by atoms with Crippen molar-refractivity contribution in [2.45, 2.75) is 32.0 Å². The predicted octanol–water partition coefficient (Wildman–Crippen LogP) is 1.98. The van der Waals surface area contributed by atoms with Crippen molar-refractivity contribution in [3.63, 3.8) is 0 Å². The molecule has 1 aromatic rings. The lowest BCUT2D eigenvalue weighted by Crippen LogP contribution is -2.34. The summed E-state index contributed by atoms with van der Waals surface area (Å²) in [5, 5.41) is 3.51. The molecule has 2 atom stereocenters. The summed E-state index contributed by atoms with van der Waals surface area (Å²) in [6, 6.07) is 4.33. The first-order valence-electron chi connectivity index (χ1n) is 6.83. The van der Waals surface area contributed by atoms with Crippen LogP contribution in [-0.4, -0.2) is 40.1 Å². The highest BCUT2D eigenvalue weighted by atomic mass is 16.5. The lowest BCUT2D eigenvalue weighted by atomic mass is 10.1. The summed E-state index contributed by atoms with van der Waals surface area (Å²) in [4.78, 5) is 0. The molecule has 0 saturated carbocycles. The maximum atomic E-state index is 5.55. The predicted molar refractivity (Wildman–Crippen MR) is 76.8 cm³/mol. The van der Waals surface area contributed by atoms with Gasteiger partial charge in [0.2, 0.25) is 5.75 Å². The van der Waals surface area contributed by atoms with E-state index in [0.29, 0.717) is 23.3 Å². The third-order valence-corrected chi connectivity index (χ3v) is 3.67. The monoisotopic (exact) mass is 281 g/mol. The van der Waals surface area contributed by atoms with Crippen LogP contribution in [-0.2, 0) is 11.3 Å². The Labute approximate surface area is 120 Å². The van der Waals surface area contributed by atoms with Gasteiger partial charge in [0, 0.05) is 19.2 Å². The van der Waals surface area contributed by atoms with E-state index in [2.05, 4.69) is 12.2 Å². The van der Waals surface area contributed by atoms with E-state index in [4.69, 9.17) is 18.9 Å². The van der Waals surface area contributed by atoms with E-state index in [1.165, 1.54) is 0 Å². The molecule has 0 spiro atoms. The molecule has 1 aromatic carbocycles. The fourth-order valence-electron chi connectivity index (χ4n) is 2.49. The summed E-state index contributed by atoms with van der Waals surface area (Å²) < 4.78 is 21.6. The zero-order valence-corrected chi connectivity index (χ0v) is 12.6. The summed E-state index contributed by atoms with van der Waals surface area (Å²) in [5.74, 6) is 1.98. The maximum Gasteiger partial charge on any atom is 0.203 e. The number of hydrogen-bond donors (Lipinski definition) is 1. The molecule has 112 valence electrons. The third kappa shape index (κ3) is 3.16. The van der Waals surface area contributed by atoms with Crippen molar-refractivity contribution in [1.82, 2.24) is 5.32 Å². The molecule has 1 aliphatic heterocycles. The van der Waals surface area contributed by atoms with Gasteiger partial charge in [0.15, 0.2) is 11.5 Å². The molecule has 1 N–H and O–H groups in total. The van der Waals surface area contributed by atoms with E-state index in [9.17, 15) is 0 Å². The van der Waals surface area contributed by atoms with Crippen LogP contribution in [0.1, 0.15) is 18.9 Å². The van der Waals surface area contributed by atoms with Crippen LogP contribution in [0.2, 0.25) is 0 Å². The second kappa shape index (κ2) is 6.81. The van der Waals surface area contributed by atoms with Gasteiger partial charge >= 0.3 is 0 Å². The van der Waals surface area contributed by atoms with Gasteiger partial charge in [-0.05, 0) is 31.0 Å². The molecule has 5 heteroatoms. The van der Waals surface area contributed by atoms with Crippen LogP contribution >= 0.6 is 0 Å². The molecular formula is C15H23NO4. The Hall–Kier alpha value is -1.46. The molecule has 0 radical (unpaired) electrons. The zero-order chi connectivity index (χ0) is 14.5. The second-order valence-electron chi connectivity index (χ2n) is 4.89. The Kier molecular flexibility index (Phi) is 5.09. The molecular weight excluding hydrogens is 258 g/mol. The number of nitrogens with one attached hydrogen (secondary N) is 1. The molecule has 0 aliphatic carbocycles. The number of hydrogen-bond acceptors (Lipinski definition) is 5. The van der Waals surface area contributed by atoms with E-state index in [0.717, 1.165) is 25.1 Å². The molecule has 1 saturated heterocycles. The smallest absolute Gasteiger partial charge is 0.203 e. The highest BCUT2D eigenvalue weighted by Gasteiger charge is 2.23. The minimum absolute atomic E-state index is 0.261.